The zero-order valence-electron chi connectivity index (χ0n) is 7.60. The van der Waals surface area contributed by atoms with Crippen LogP contribution in [0.15, 0.2) is 17.0 Å². The molecule has 6 nitrogen and oxygen atoms in total. The van der Waals surface area contributed by atoms with Crippen LogP contribution in [-0.4, -0.2) is 13.3 Å². The average Bonchev–Trinajstić information content (AvgIpc) is 2.05. The van der Waals surface area contributed by atoms with Crippen LogP contribution < -0.4 is 5.14 Å². The summed E-state index contributed by atoms with van der Waals surface area (Å²) in [6.45, 7) is 1.41. The third-order valence-electron chi connectivity index (χ3n) is 1.75. The maximum atomic E-state index is 11.1. The molecule has 0 fully saturated rings. The summed E-state index contributed by atoms with van der Waals surface area (Å²) < 4.78 is 22.2. The zero-order chi connectivity index (χ0) is 11.8. The van der Waals surface area contributed by atoms with Gasteiger partial charge in [-0.3, -0.25) is 10.1 Å². The Bertz CT molecular complexity index is 526. The molecule has 2 N–H and O–H groups in total. The molecule has 0 unspecified atom stereocenters. The summed E-state index contributed by atoms with van der Waals surface area (Å²) in [5.74, 6) is 0. The third kappa shape index (κ3) is 2.25. The van der Waals surface area contributed by atoms with E-state index in [1.165, 1.54) is 19.1 Å². The largest absolute Gasteiger partial charge is 0.293 e. The zero-order valence-corrected chi connectivity index (χ0v) is 9.17. The van der Waals surface area contributed by atoms with E-state index >= 15 is 0 Å². The molecule has 0 atom stereocenters. The highest BCUT2D eigenvalue weighted by Crippen LogP contribution is 2.32. The molecular weight excluding hydrogens is 244 g/mol. The van der Waals surface area contributed by atoms with Crippen molar-refractivity contribution in [3.05, 3.63) is 32.8 Å². The van der Waals surface area contributed by atoms with Crippen molar-refractivity contribution in [1.82, 2.24) is 0 Å². The quantitative estimate of drug-likeness (QED) is 0.629. The Morgan fingerprint density at radius 3 is 2.33 bits per heavy atom. The number of hydrogen-bond acceptors (Lipinski definition) is 4. The number of halogens is 1. The number of hydrogen-bond donors (Lipinski definition) is 1. The van der Waals surface area contributed by atoms with Crippen LogP contribution in [-0.2, 0) is 10.0 Å². The number of rotatable bonds is 2. The van der Waals surface area contributed by atoms with Crippen LogP contribution >= 0.6 is 11.6 Å². The minimum absolute atomic E-state index is 0.188. The smallest absolute Gasteiger partial charge is 0.258 e. The molecule has 0 saturated heterocycles. The van der Waals surface area contributed by atoms with Crippen LogP contribution in [0, 0.1) is 17.0 Å². The standard InChI is InChI=1S/C7H7ClN2O4S/c1-4-2-3-5(8)7(15(9,13)14)6(4)10(11)12/h2-3H,1H3,(H2,9,13,14). The molecule has 0 saturated carbocycles. The van der Waals surface area contributed by atoms with Gasteiger partial charge in [0.05, 0.1) is 9.95 Å². The Morgan fingerprint density at radius 2 is 2.00 bits per heavy atom. The first-order valence-electron chi connectivity index (χ1n) is 3.71. The van der Waals surface area contributed by atoms with E-state index in [-0.39, 0.29) is 10.6 Å². The van der Waals surface area contributed by atoms with E-state index in [1.807, 2.05) is 0 Å². The first kappa shape index (κ1) is 11.9. The van der Waals surface area contributed by atoms with Crippen LogP contribution in [0.3, 0.4) is 0 Å². The van der Waals surface area contributed by atoms with Gasteiger partial charge in [-0.1, -0.05) is 17.7 Å². The maximum absolute atomic E-state index is 11.1. The fraction of sp³-hybridized carbons (Fsp3) is 0.143. The van der Waals surface area contributed by atoms with Crippen molar-refractivity contribution in [3.63, 3.8) is 0 Å². The molecule has 0 aromatic heterocycles. The number of nitrogens with two attached hydrogens (primary N) is 1. The monoisotopic (exact) mass is 250 g/mol. The van der Waals surface area contributed by atoms with E-state index in [4.69, 9.17) is 16.7 Å². The topological polar surface area (TPSA) is 103 Å². The van der Waals surface area contributed by atoms with Crippen molar-refractivity contribution >= 4 is 27.3 Å². The summed E-state index contributed by atoms with van der Waals surface area (Å²) >= 11 is 5.57. The number of primary sulfonamides is 1. The van der Waals surface area contributed by atoms with Gasteiger partial charge in [-0.25, -0.2) is 13.6 Å². The van der Waals surface area contributed by atoms with E-state index < -0.39 is 25.5 Å². The molecule has 1 rings (SSSR count). The summed E-state index contributed by atoms with van der Waals surface area (Å²) in [4.78, 5) is 9.21. The van der Waals surface area contributed by atoms with Crippen molar-refractivity contribution < 1.29 is 13.3 Å². The lowest BCUT2D eigenvalue weighted by Gasteiger charge is -2.04. The van der Waals surface area contributed by atoms with Gasteiger partial charge in [0.15, 0.2) is 4.90 Å². The molecule has 0 aliphatic heterocycles. The Balaban J connectivity index is 3.76. The van der Waals surface area contributed by atoms with E-state index in [0.29, 0.717) is 0 Å². The average molecular weight is 251 g/mol. The van der Waals surface area contributed by atoms with Crippen LogP contribution in [0.2, 0.25) is 5.02 Å². The highest BCUT2D eigenvalue weighted by Gasteiger charge is 2.28. The molecule has 0 aliphatic carbocycles. The van der Waals surface area contributed by atoms with E-state index in [1.54, 1.807) is 0 Å². The number of nitrogens with zero attached hydrogens (tertiary/aromatic N) is 1. The predicted octanol–water partition coefficient (Wildman–Crippen LogP) is 1.20. The molecule has 1 aromatic carbocycles. The van der Waals surface area contributed by atoms with Crippen molar-refractivity contribution in [2.24, 2.45) is 5.14 Å². The van der Waals surface area contributed by atoms with Gasteiger partial charge in [0.1, 0.15) is 0 Å². The van der Waals surface area contributed by atoms with Gasteiger partial charge in [0.2, 0.25) is 10.0 Å². The minimum atomic E-state index is -4.21. The number of nitro groups is 1. The first-order chi connectivity index (χ1) is 6.75. The van der Waals surface area contributed by atoms with E-state index in [9.17, 15) is 18.5 Å². The Labute approximate surface area is 90.9 Å². The fourth-order valence-corrected chi connectivity index (χ4v) is 2.46. The molecule has 82 valence electrons. The molecule has 0 heterocycles. The fourth-order valence-electron chi connectivity index (χ4n) is 1.14. The molecular formula is C7H7ClN2O4S. The second kappa shape index (κ2) is 3.76. The number of nitro benzene ring substituents is 1. The van der Waals surface area contributed by atoms with Crippen molar-refractivity contribution in [1.29, 1.82) is 0 Å². The van der Waals surface area contributed by atoms with Gasteiger partial charge < -0.3 is 0 Å². The van der Waals surface area contributed by atoms with Crippen LogP contribution in [0.5, 0.6) is 0 Å². The van der Waals surface area contributed by atoms with E-state index in [0.717, 1.165) is 0 Å². The number of aryl methyl sites for hydroxylation is 1. The van der Waals surface area contributed by atoms with Crippen LogP contribution in [0.1, 0.15) is 5.56 Å². The highest BCUT2D eigenvalue weighted by molar-refractivity contribution is 7.89. The third-order valence-corrected chi connectivity index (χ3v) is 3.16. The number of sulfonamides is 1. The summed E-state index contributed by atoms with van der Waals surface area (Å²) in [5.41, 5.74) is -0.390. The molecule has 8 heteroatoms. The normalized spacial score (nSPS) is 11.4. The SMILES string of the molecule is Cc1ccc(Cl)c(S(N)(=O)=O)c1[N+](=O)[O-]. The van der Waals surface area contributed by atoms with Crippen LogP contribution in [0.25, 0.3) is 0 Å². The lowest BCUT2D eigenvalue weighted by Crippen LogP contribution is -2.15. The van der Waals surface area contributed by atoms with Gasteiger partial charge in [0.25, 0.3) is 5.69 Å². The van der Waals surface area contributed by atoms with Gasteiger partial charge in [-0.2, -0.15) is 0 Å². The van der Waals surface area contributed by atoms with Crippen molar-refractivity contribution in [3.8, 4) is 0 Å². The van der Waals surface area contributed by atoms with Gasteiger partial charge in [0, 0.05) is 5.56 Å². The Hall–Kier alpha value is -1.18. The highest BCUT2D eigenvalue weighted by atomic mass is 35.5. The molecule has 0 bridgehead atoms. The first-order valence-corrected chi connectivity index (χ1v) is 5.64. The second-order valence-corrected chi connectivity index (χ2v) is 4.75. The lowest BCUT2D eigenvalue weighted by atomic mass is 10.2. The Morgan fingerprint density at radius 1 is 1.47 bits per heavy atom. The maximum Gasteiger partial charge on any atom is 0.293 e. The molecule has 15 heavy (non-hydrogen) atoms. The molecule has 0 amide bonds. The lowest BCUT2D eigenvalue weighted by molar-refractivity contribution is -0.388. The summed E-state index contributed by atoms with van der Waals surface area (Å²) in [6, 6.07) is 2.61. The molecule has 0 spiro atoms. The minimum Gasteiger partial charge on any atom is -0.258 e. The van der Waals surface area contributed by atoms with Gasteiger partial charge in [-0.15, -0.1) is 0 Å². The summed E-state index contributed by atoms with van der Waals surface area (Å²) in [5, 5.41) is 15.3. The molecule has 0 radical (unpaired) electrons. The van der Waals surface area contributed by atoms with E-state index in [2.05, 4.69) is 0 Å². The number of benzene rings is 1. The van der Waals surface area contributed by atoms with Crippen LogP contribution in [0.4, 0.5) is 5.69 Å². The Kier molecular flexibility index (Phi) is 2.98. The molecule has 1 aromatic rings. The summed E-state index contributed by atoms with van der Waals surface area (Å²) in [6.07, 6.45) is 0. The van der Waals surface area contributed by atoms with Crippen molar-refractivity contribution in [2.75, 3.05) is 0 Å². The van der Waals surface area contributed by atoms with Crippen molar-refractivity contribution in [2.45, 2.75) is 11.8 Å². The second-order valence-electron chi connectivity index (χ2n) is 2.84. The van der Waals surface area contributed by atoms with Gasteiger partial charge >= 0.3 is 0 Å². The predicted molar refractivity (Wildman–Crippen MR) is 54.2 cm³/mol. The molecule has 0 aliphatic rings. The van der Waals surface area contributed by atoms with Gasteiger partial charge in [-0.05, 0) is 13.0 Å². The summed E-state index contributed by atoms with van der Waals surface area (Å²) in [7, 11) is -4.21.